The Bertz CT molecular complexity index is 717. The lowest BCUT2D eigenvalue weighted by molar-refractivity contribution is -0.120. The van der Waals surface area contributed by atoms with E-state index in [4.69, 9.17) is 4.74 Å². The fourth-order valence-corrected chi connectivity index (χ4v) is 3.85. The van der Waals surface area contributed by atoms with Crippen LogP contribution in [0.3, 0.4) is 0 Å². The van der Waals surface area contributed by atoms with Gasteiger partial charge in [0, 0.05) is 12.2 Å². The van der Waals surface area contributed by atoms with Gasteiger partial charge in [-0.15, -0.1) is 0 Å². The van der Waals surface area contributed by atoms with E-state index in [2.05, 4.69) is 5.32 Å². The van der Waals surface area contributed by atoms with E-state index < -0.39 is 22.0 Å². The van der Waals surface area contributed by atoms with Crippen molar-refractivity contribution in [1.29, 1.82) is 0 Å². The summed E-state index contributed by atoms with van der Waals surface area (Å²) in [4.78, 5) is 24.2. The van der Waals surface area contributed by atoms with Gasteiger partial charge in [0.1, 0.15) is 6.04 Å². The van der Waals surface area contributed by atoms with Gasteiger partial charge >= 0.3 is 5.97 Å². The molecule has 2 rings (SSSR count). The van der Waals surface area contributed by atoms with E-state index in [1.807, 2.05) is 0 Å². The molecule has 1 aliphatic heterocycles. The van der Waals surface area contributed by atoms with Gasteiger partial charge in [0.15, 0.2) is 0 Å². The van der Waals surface area contributed by atoms with Crippen molar-refractivity contribution < 1.29 is 22.7 Å². The number of hydrogen-bond acceptors (Lipinski definition) is 5. The summed E-state index contributed by atoms with van der Waals surface area (Å²) in [6.07, 6.45) is 3.14. The molecule has 0 radical (unpaired) electrons. The molecule has 1 amide bonds. The minimum atomic E-state index is -3.44. The third-order valence-electron chi connectivity index (χ3n) is 3.82. The predicted molar refractivity (Wildman–Crippen MR) is 90.2 cm³/mol. The van der Waals surface area contributed by atoms with E-state index in [1.54, 1.807) is 25.1 Å². The van der Waals surface area contributed by atoms with Gasteiger partial charge in [0.05, 0.1) is 18.4 Å². The van der Waals surface area contributed by atoms with Gasteiger partial charge in [0.2, 0.25) is 15.9 Å². The molecule has 0 saturated carbocycles. The van der Waals surface area contributed by atoms with Crippen molar-refractivity contribution in [3.63, 3.8) is 0 Å². The molecule has 1 heterocycles. The number of carbonyl (C=O) groups is 2. The number of anilines is 1. The predicted octanol–water partition coefficient (Wildman–Crippen LogP) is 1.62. The van der Waals surface area contributed by atoms with E-state index in [-0.39, 0.29) is 12.5 Å². The lowest BCUT2D eigenvalue weighted by atomic mass is 10.0. The van der Waals surface area contributed by atoms with Crippen LogP contribution in [0.25, 0.3) is 0 Å². The van der Waals surface area contributed by atoms with Crippen LogP contribution in [-0.4, -0.2) is 50.0 Å². The third-order valence-corrected chi connectivity index (χ3v) is 5.11. The Balaban J connectivity index is 2.14. The summed E-state index contributed by atoms with van der Waals surface area (Å²) in [5.74, 6) is -0.856. The monoisotopic (exact) mass is 354 g/mol. The summed E-state index contributed by atoms with van der Waals surface area (Å²) in [5, 5.41) is 2.70. The fourth-order valence-electron chi connectivity index (χ4n) is 2.73. The maximum absolute atomic E-state index is 12.5. The molecule has 1 unspecified atom stereocenters. The SMILES string of the molecule is CCOC(=O)c1cccc(NC(=O)C2CCCCN2S(C)(=O)=O)c1. The number of amides is 1. The highest BCUT2D eigenvalue weighted by atomic mass is 32.2. The molecule has 1 aromatic carbocycles. The van der Waals surface area contributed by atoms with Crippen molar-refractivity contribution in [2.45, 2.75) is 32.2 Å². The number of nitrogens with one attached hydrogen (secondary N) is 1. The zero-order valence-corrected chi connectivity index (χ0v) is 14.6. The Morgan fingerprint density at radius 1 is 1.33 bits per heavy atom. The largest absolute Gasteiger partial charge is 0.462 e. The van der Waals surface area contributed by atoms with Crippen molar-refractivity contribution in [1.82, 2.24) is 4.31 Å². The average Bonchev–Trinajstić information content (AvgIpc) is 2.54. The van der Waals surface area contributed by atoms with E-state index in [0.717, 1.165) is 19.1 Å². The summed E-state index contributed by atoms with van der Waals surface area (Å²) in [6.45, 7) is 2.33. The lowest BCUT2D eigenvalue weighted by Gasteiger charge is -2.32. The summed E-state index contributed by atoms with van der Waals surface area (Å²) in [6, 6.07) is 5.67. The molecule has 7 nitrogen and oxygen atoms in total. The molecule has 8 heteroatoms. The summed E-state index contributed by atoms with van der Waals surface area (Å²) in [5.41, 5.74) is 0.767. The van der Waals surface area contributed by atoms with Gasteiger partial charge in [-0.3, -0.25) is 4.79 Å². The molecule has 1 saturated heterocycles. The van der Waals surface area contributed by atoms with E-state index in [9.17, 15) is 18.0 Å². The van der Waals surface area contributed by atoms with Crippen LogP contribution in [0.15, 0.2) is 24.3 Å². The first kappa shape index (κ1) is 18.4. The Morgan fingerprint density at radius 3 is 2.75 bits per heavy atom. The first-order valence-electron chi connectivity index (χ1n) is 7.88. The molecule has 1 aromatic rings. The number of esters is 1. The number of piperidine rings is 1. The number of carbonyl (C=O) groups excluding carboxylic acids is 2. The van der Waals surface area contributed by atoms with Crippen LogP contribution in [-0.2, 0) is 19.6 Å². The maximum atomic E-state index is 12.5. The Kier molecular flexibility index (Phi) is 5.95. The van der Waals surface area contributed by atoms with Crippen LogP contribution in [0, 0.1) is 0 Å². The van der Waals surface area contributed by atoms with Gasteiger partial charge in [-0.05, 0) is 38.0 Å². The van der Waals surface area contributed by atoms with Crippen molar-refractivity contribution in [2.24, 2.45) is 0 Å². The molecule has 0 aromatic heterocycles. The molecule has 0 bridgehead atoms. The van der Waals surface area contributed by atoms with Crippen molar-refractivity contribution in [3.05, 3.63) is 29.8 Å². The highest BCUT2D eigenvalue weighted by Gasteiger charge is 2.34. The van der Waals surface area contributed by atoms with Crippen LogP contribution in [0.4, 0.5) is 5.69 Å². The van der Waals surface area contributed by atoms with Crippen molar-refractivity contribution >= 4 is 27.6 Å². The zero-order chi connectivity index (χ0) is 17.7. The van der Waals surface area contributed by atoms with Crippen LogP contribution < -0.4 is 5.32 Å². The molecular weight excluding hydrogens is 332 g/mol. The van der Waals surface area contributed by atoms with Crippen LogP contribution in [0.2, 0.25) is 0 Å². The minimum Gasteiger partial charge on any atom is -0.462 e. The number of ether oxygens (including phenoxy) is 1. The highest BCUT2D eigenvalue weighted by Crippen LogP contribution is 2.22. The Hall–Kier alpha value is -1.93. The van der Waals surface area contributed by atoms with Crippen molar-refractivity contribution in [3.8, 4) is 0 Å². The third kappa shape index (κ3) is 4.55. The molecule has 1 atom stereocenters. The first-order chi connectivity index (χ1) is 11.3. The number of rotatable bonds is 5. The van der Waals surface area contributed by atoms with E-state index >= 15 is 0 Å². The molecule has 132 valence electrons. The maximum Gasteiger partial charge on any atom is 0.338 e. The number of benzene rings is 1. The second-order valence-electron chi connectivity index (χ2n) is 5.68. The smallest absolute Gasteiger partial charge is 0.338 e. The highest BCUT2D eigenvalue weighted by molar-refractivity contribution is 7.88. The molecule has 24 heavy (non-hydrogen) atoms. The molecule has 1 aliphatic rings. The van der Waals surface area contributed by atoms with E-state index in [0.29, 0.717) is 24.2 Å². The normalized spacial score (nSPS) is 18.8. The topological polar surface area (TPSA) is 92.8 Å². The minimum absolute atomic E-state index is 0.265. The van der Waals surface area contributed by atoms with Crippen molar-refractivity contribution in [2.75, 3.05) is 24.7 Å². The van der Waals surface area contributed by atoms with Gasteiger partial charge in [-0.2, -0.15) is 4.31 Å². The van der Waals surface area contributed by atoms with Gasteiger partial charge in [-0.25, -0.2) is 13.2 Å². The summed E-state index contributed by atoms with van der Waals surface area (Å²) < 4.78 is 29.9. The molecule has 1 fully saturated rings. The first-order valence-corrected chi connectivity index (χ1v) is 9.72. The standard InChI is InChI=1S/C16H22N2O5S/c1-3-23-16(20)12-7-6-8-13(11-12)17-15(19)14-9-4-5-10-18(14)24(2,21)22/h6-8,11,14H,3-5,9-10H2,1-2H3,(H,17,19). The van der Waals surface area contributed by atoms with Crippen LogP contribution in [0.5, 0.6) is 0 Å². The second-order valence-corrected chi connectivity index (χ2v) is 7.61. The van der Waals surface area contributed by atoms with Crippen LogP contribution in [0.1, 0.15) is 36.5 Å². The second kappa shape index (κ2) is 7.76. The average molecular weight is 354 g/mol. The molecule has 1 N–H and O–H groups in total. The fraction of sp³-hybridized carbons (Fsp3) is 0.500. The molecular formula is C16H22N2O5S. The Labute approximate surface area is 142 Å². The van der Waals surface area contributed by atoms with Gasteiger partial charge < -0.3 is 10.1 Å². The number of hydrogen-bond donors (Lipinski definition) is 1. The summed E-state index contributed by atoms with van der Waals surface area (Å²) >= 11 is 0. The Morgan fingerprint density at radius 2 is 2.08 bits per heavy atom. The number of sulfonamides is 1. The van der Waals surface area contributed by atoms with Gasteiger partial charge in [0.25, 0.3) is 0 Å². The van der Waals surface area contributed by atoms with Crippen LogP contribution >= 0.6 is 0 Å². The summed E-state index contributed by atoms with van der Waals surface area (Å²) in [7, 11) is -3.44. The lowest BCUT2D eigenvalue weighted by Crippen LogP contribution is -2.49. The number of nitrogens with zero attached hydrogens (tertiary/aromatic N) is 1. The zero-order valence-electron chi connectivity index (χ0n) is 13.8. The quantitative estimate of drug-likeness (QED) is 0.811. The molecule has 0 aliphatic carbocycles. The van der Waals surface area contributed by atoms with Gasteiger partial charge in [-0.1, -0.05) is 12.5 Å². The van der Waals surface area contributed by atoms with E-state index in [1.165, 1.54) is 10.4 Å². The molecule has 0 spiro atoms.